The largest absolute Gasteiger partial charge is 0.382 e. The van der Waals surface area contributed by atoms with Crippen molar-refractivity contribution in [2.24, 2.45) is 0 Å². The lowest BCUT2D eigenvalue weighted by Crippen LogP contribution is -2.21. The molecule has 0 amide bonds. The summed E-state index contributed by atoms with van der Waals surface area (Å²) in [5, 5.41) is 7.17. The number of nitrogens with zero attached hydrogens (tertiary/aromatic N) is 2. The summed E-state index contributed by atoms with van der Waals surface area (Å²) in [6.07, 6.45) is 5.55. The van der Waals surface area contributed by atoms with Crippen LogP contribution in [0, 0.1) is 0 Å². The van der Waals surface area contributed by atoms with E-state index < -0.39 is 0 Å². The molecule has 5 heteroatoms. The van der Waals surface area contributed by atoms with Crippen LogP contribution in [0.4, 0.5) is 5.82 Å². The molecule has 2 aromatic heterocycles. The van der Waals surface area contributed by atoms with E-state index in [1.165, 1.54) is 0 Å². The first-order valence-electron chi connectivity index (χ1n) is 6.09. The van der Waals surface area contributed by atoms with Gasteiger partial charge in [0, 0.05) is 24.6 Å². The van der Waals surface area contributed by atoms with Gasteiger partial charge in [-0.3, -0.25) is 10.1 Å². The number of anilines is 1. The molecule has 1 saturated heterocycles. The van der Waals surface area contributed by atoms with E-state index >= 15 is 0 Å². The number of hydrogen-bond donors (Lipinski definition) is 2. The van der Waals surface area contributed by atoms with E-state index in [4.69, 9.17) is 10.5 Å². The molecule has 5 nitrogen and oxygen atoms in total. The lowest BCUT2D eigenvalue weighted by molar-refractivity contribution is 0.0137. The third kappa shape index (κ3) is 1.67. The number of H-pyrrole nitrogens is 1. The summed E-state index contributed by atoms with van der Waals surface area (Å²) >= 11 is 0. The normalized spacial score (nSPS) is 23.4. The van der Waals surface area contributed by atoms with Gasteiger partial charge in [0.05, 0.1) is 5.69 Å². The molecule has 1 atom stereocenters. The number of pyridine rings is 1. The molecule has 0 spiro atoms. The summed E-state index contributed by atoms with van der Waals surface area (Å²) in [6, 6.07) is 3.87. The second-order valence-corrected chi connectivity index (χ2v) is 4.78. The van der Waals surface area contributed by atoms with E-state index in [0.29, 0.717) is 5.82 Å². The maximum atomic E-state index is 5.98. The fourth-order valence-electron chi connectivity index (χ4n) is 2.53. The number of nitrogen functional groups attached to an aromatic ring is 1. The van der Waals surface area contributed by atoms with Gasteiger partial charge in [0.25, 0.3) is 0 Å². The second-order valence-electron chi connectivity index (χ2n) is 4.78. The van der Waals surface area contributed by atoms with Crippen LogP contribution in [0.2, 0.25) is 0 Å². The van der Waals surface area contributed by atoms with E-state index in [0.717, 1.165) is 36.3 Å². The molecule has 0 aliphatic carbocycles. The molecular weight excluding hydrogens is 228 g/mol. The van der Waals surface area contributed by atoms with Gasteiger partial charge in [-0.1, -0.05) is 0 Å². The Kier molecular flexibility index (Phi) is 2.56. The fourth-order valence-corrected chi connectivity index (χ4v) is 2.53. The summed E-state index contributed by atoms with van der Waals surface area (Å²) in [5.41, 5.74) is 8.58. The zero-order chi connectivity index (χ0) is 12.6. The van der Waals surface area contributed by atoms with Gasteiger partial charge in [0.15, 0.2) is 5.82 Å². The minimum absolute atomic E-state index is 0.316. The summed E-state index contributed by atoms with van der Waals surface area (Å²) in [5.74, 6) is 0.507. The molecule has 3 N–H and O–H groups in total. The van der Waals surface area contributed by atoms with Gasteiger partial charge in [0.1, 0.15) is 5.60 Å². The number of aromatic nitrogens is 3. The van der Waals surface area contributed by atoms with E-state index in [1.807, 2.05) is 12.1 Å². The van der Waals surface area contributed by atoms with Crippen LogP contribution in [0.5, 0.6) is 0 Å². The molecule has 0 aromatic carbocycles. The second kappa shape index (κ2) is 4.10. The number of aromatic amines is 1. The van der Waals surface area contributed by atoms with Gasteiger partial charge in [-0.05, 0) is 37.5 Å². The van der Waals surface area contributed by atoms with E-state index in [-0.39, 0.29) is 5.60 Å². The third-order valence-corrected chi connectivity index (χ3v) is 3.51. The van der Waals surface area contributed by atoms with Crippen molar-refractivity contribution >= 4 is 5.82 Å². The van der Waals surface area contributed by atoms with Gasteiger partial charge < -0.3 is 10.5 Å². The maximum Gasteiger partial charge on any atom is 0.153 e. The van der Waals surface area contributed by atoms with Crippen molar-refractivity contribution in [1.82, 2.24) is 15.2 Å². The quantitative estimate of drug-likeness (QED) is 0.848. The summed E-state index contributed by atoms with van der Waals surface area (Å²) in [4.78, 5) is 4.03. The minimum atomic E-state index is -0.316. The Morgan fingerprint density at radius 3 is 2.83 bits per heavy atom. The van der Waals surface area contributed by atoms with Crippen LogP contribution in [0.25, 0.3) is 11.1 Å². The monoisotopic (exact) mass is 244 g/mol. The Labute approximate surface area is 105 Å². The predicted octanol–water partition coefficient (Wildman–Crippen LogP) is 2.08. The molecule has 3 rings (SSSR count). The van der Waals surface area contributed by atoms with Crippen LogP contribution in [-0.4, -0.2) is 21.8 Å². The number of nitrogens with one attached hydrogen (secondary N) is 1. The van der Waals surface area contributed by atoms with Crippen molar-refractivity contribution in [2.45, 2.75) is 25.4 Å². The average Bonchev–Trinajstić information content (AvgIpc) is 2.98. The smallest absolute Gasteiger partial charge is 0.153 e. The molecule has 3 heterocycles. The standard InChI is InChI=1S/C13H16N4O/c1-13(5-2-8-18-13)11-10(12(14)17-16-11)9-3-6-15-7-4-9/h3-4,6-7H,2,5,8H2,1H3,(H3,14,16,17). The van der Waals surface area contributed by atoms with Crippen LogP contribution in [0.15, 0.2) is 24.5 Å². The first-order chi connectivity index (χ1) is 8.71. The zero-order valence-corrected chi connectivity index (χ0v) is 10.3. The Hall–Kier alpha value is -1.88. The molecule has 94 valence electrons. The Morgan fingerprint density at radius 1 is 1.39 bits per heavy atom. The number of rotatable bonds is 2. The molecule has 1 aliphatic rings. The number of hydrogen-bond acceptors (Lipinski definition) is 4. The number of nitrogens with two attached hydrogens (primary N) is 1. The zero-order valence-electron chi connectivity index (χ0n) is 10.3. The summed E-state index contributed by atoms with van der Waals surface area (Å²) < 4.78 is 5.86. The van der Waals surface area contributed by atoms with Crippen molar-refractivity contribution in [2.75, 3.05) is 12.3 Å². The first kappa shape index (κ1) is 11.2. The van der Waals surface area contributed by atoms with Gasteiger partial charge in [-0.15, -0.1) is 0 Å². The maximum absolute atomic E-state index is 5.98. The summed E-state index contributed by atoms with van der Waals surface area (Å²) in [6.45, 7) is 2.86. The van der Waals surface area contributed by atoms with Crippen molar-refractivity contribution in [3.63, 3.8) is 0 Å². The van der Waals surface area contributed by atoms with Gasteiger partial charge in [-0.2, -0.15) is 5.10 Å². The van der Waals surface area contributed by atoms with Crippen molar-refractivity contribution in [3.8, 4) is 11.1 Å². The van der Waals surface area contributed by atoms with Crippen LogP contribution >= 0.6 is 0 Å². The SMILES string of the molecule is CC1(c2[nH]nc(N)c2-c2ccncc2)CCCO1. The van der Waals surface area contributed by atoms with Crippen LogP contribution < -0.4 is 5.73 Å². The Bertz CT molecular complexity index is 543. The molecule has 0 bridgehead atoms. The van der Waals surface area contributed by atoms with Gasteiger partial charge in [0.2, 0.25) is 0 Å². The molecule has 0 radical (unpaired) electrons. The van der Waals surface area contributed by atoms with E-state index in [9.17, 15) is 0 Å². The summed E-state index contributed by atoms with van der Waals surface area (Å²) in [7, 11) is 0. The van der Waals surface area contributed by atoms with Crippen LogP contribution in [-0.2, 0) is 10.3 Å². The molecule has 18 heavy (non-hydrogen) atoms. The molecule has 1 unspecified atom stereocenters. The van der Waals surface area contributed by atoms with Crippen molar-refractivity contribution < 1.29 is 4.74 Å². The average molecular weight is 244 g/mol. The fraction of sp³-hybridized carbons (Fsp3) is 0.385. The predicted molar refractivity (Wildman–Crippen MR) is 68.8 cm³/mol. The highest BCUT2D eigenvalue weighted by atomic mass is 16.5. The highest BCUT2D eigenvalue weighted by Gasteiger charge is 2.36. The van der Waals surface area contributed by atoms with Crippen molar-refractivity contribution in [1.29, 1.82) is 0 Å². The lowest BCUT2D eigenvalue weighted by atomic mass is 9.92. The number of ether oxygens (including phenoxy) is 1. The van der Waals surface area contributed by atoms with E-state index in [2.05, 4.69) is 22.1 Å². The Morgan fingerprint density at radius 2 is 2.17 bits per heavy atom. The first-order valence-corrected chi connectivity index (χ1v) is 6.09. The highest BCUT2D eigenvalue weighted by Crippen LogP contribution is 2.41. The van der Waals surface area contributed by atoms with Crippen molar-refractivity contribution in [3.05, 3.63) is 30.2 Å². The Balaban J connectivity index is 2.12. The third-order valence-electron chi connectivity index (χ3n) is 3.51. The molecule has 1 fully saturated rings. The van der Waals surface area contributed by atoms with Crippen LogP contribution in [0.1, 0.15) is 25.5 Å². The minimum Gasteiger partial charge on any atom is -0.382 e. The lowest BCUT2D eigenvalue weighted by Gasteiger charge is -2.23. The van der Waals surface area contributed by atoms with Gasteiger partial charge in [-0.25, -0.2) is 0 Å². The van der Waals surface area contributed by atoms with Gasteiger partial charge >= 0.3 is 0 Å². The molecular formula is C13H16N4O. The molecule has 2 aromatic rings. The molecule has 0 saturated carbocycles. The highest BCUT2D eigenvalue weighted by molar-refractivity contribution is 5.76. The van der Waals surface area contributed by atoms with E-state index in [1.54, 1.807) is 12.4 Å². The van der Waals surface area contributed by atoms with Crippen LogP contribution in [0.3, 0.4) is 0 Å². The molecule has 1 aliphatic heterocycles. The topological polar surface area (TPSA) is 76.8 Å².